The summed E-state index contributed by atoms with van der Waals surface area (Å²) < 4.78 is 5.86. The molecule has 90 valence electrons. The van der Waals surface area contributed by atoms with E-state index in [1.165, 1.54) is 25.7 Å². The van der Waals surface area contributed by atoms with Gasteiger partial charge in [-0.15, -0.1) is 0 Å². The van der Waals surface area contributed by atoms with E-state index in [9.17, 15) is 4.79 Å². The van der Waals surface area contributed by atoms with Gasteiger partial charge in [-0.05, 0) is 44.9 Å². The first-order valence-electron chi connectivity index (χ1n) is 6.87. The first-order valence-corrected chi connectivity index (χ1v) is 6.87. The summed E-state index contributed by atoms with van der Waals surface area (Å²) in [6, 6.07) is 0. The highest BCUT2D eigenvalue weighted by Gasteiger charge is 2.52. The molecule has 0 aromatic heterocycles. The largest absolute Gasteiger partial charge is 0.374 e. The summed E-state index contributed by atoms with van der Waals surface area (Å²) in [6.07, 6.45) is 6.72. The monoisotopic (exact) mass is 222 g/mol. The molecule has 1 saturated heterocycles. The Morgan fingerprint density at radius 1 is 1.12 bits per heavy atom. The Hall–Kier alpha value is -0.370. The number of Topliss-reactive ketones (excluding diaryl/α,β-unsaturated/α-hetero) is 1. The second kappa shape index (κ2) is 3.83. The maximum Gasteiger partial charge on any atom is 0.142 e. The lowest BCUT2D eigenvalue weighted by Gasteiger charge is -2.41. The molecule has 0 aromatic rings. The molecule has 3 aliphatic rings. The van der Waals surface area contributed by atoms with Gasteiger partial charge in [0, 0.05) is 11.8 Å². The Labute approximate surface area is 97.7 Å². The average molecular weight is 222 g/mol. The quantitative estimate of drug-likeness (QED) is 0.630. The first kappa shape index (κ1) is 10.8. The maximum absolute atomic E-state index is 12.5. The number of fused-ring (bicyclic) bond motifs is 2. The highest BCUT2D eigenvalue weighted by molar-refractivity contribution is 5.85. The highest BCUT2D eigenvalue weighted by atomic mass is 16.5. The molecule has 16 heavy (non-hydrogen) atoms. The molecule has 2 aliphatic carbocycles. The van der Waals surface area contributed by atoms with E-state index in [2.05, 4.69) is 13.8 Å². The van der Waals surface area contributed by atoms with Crippen LogP contribution in [0.5, 0.6) is 0 Å². The molecule has 0 radical (unpaired) electrons. The van der Waals surface area contributed by atoms with Gasteiger partial charge in [-0.1, -0.05) is 12.8 Å². The van der Waals surface area contributed by atoms with Crippen molar-refractivity contribution < 1.29 is 9.53 Å². The SMILES string of the molecule is C[C@@H]1O[C@H](C)[C@H]2C(=O)[C@@H]3CCCC[C@H]3C[C@H]21. The van der Waals surface area contributed by atoms with Gasteiger partial charge in [0.15, 0.2) is 0 Å². The molecule has 2 heteroatoms. The molecule has 0 amide bonds. The van der Waals surface area contributed by atoms with Crippen molar-refractivity contribution in [1.82, 2.24) is 0 Å². The van der Waals surface area contributed by atoms with Crippen LogP contribution in [0.1, 0.15) is 46.0 Å². The summed E-state index contributed by atoms with van der Waals surface area (Å²) in [5.41, 5.74) is 0. The zero-order valence-electron chi connectivity index (χ0n) is 10.3. The van der Waals surface area contributed by atoms with E-state index in [4.69, 9.17) is 4.74 Å². The predicted octanol–water partition coefficient (Wildman–Crippen LogP) is 2.81. The minimum absolute atomic E-state index is 0.162. The van der Waals surface area contributed by atoms with E-state index in [-0.39, 0.29) is 12.0 Å². The molecule has 3 fully saturated rings. The zero-order valence-corrected chi connectivity index (χ0v) is 10.3. The van der Waals surface area contributed by atoms with E-state index in [1.807, 2.05) is 0 Å². The predicted molar refractivity (Wildman–Crippen MR) is 62.1 cm³/mol. The number of rotatable bonds is 0. The molecule has 0 aromatic carbocycles. The van der Waals surface area contributed by atoms with E-state index in [0.717, 1.165) is 6.42 Å². The van der Waals surface area contributed by atoms with E-state index < -0.39 is 0 Å². The van der Waals surface area contributed by atoms with Crippen LogP contribution in [0.2, 0.25) is 0 Å². The van der Waals surface area contributed by atoms with Gasteiger partial charge in [-0.2, -0.15) is 0 Å². The molecule has 0 N–H and O–H groups in total. The molecule has 2 nitrogen and oxygen atoms in total. The average Bonchev–Trinajstić information content (AvgIpc) is 2.55. The van der Waals surface area contributed by atoms with Crippen LogP contribution in [0.3, 0.4) is 0 Å². The summed E-state index contributed by atoms with van der Waals surface area (Å²) >= 11 is 0. The van der Waals surface area contributed by atoms with Crippen LogP contribution in [0, 0.1) is 23.7 Å². The third kappa shape index (κ3) is 1.46. The van der Waals surface area contributed by atoms with Gasteiger partial charge in [-0.3, -0.25) is 4.79 Å². The van der Waals surface area contributed by atoms with E-state index in [1.54, 1.807) is 0 Å². The van der Waals surface area contributed by atoms with E-state index in [0.29, 0.717) is 29.6 Å². The smallest absolute Gasteiger partial charge is 0.142 e. The maximum atomic E-state index is 12.5. The Balaban J connectivity index is 1.86. The number of carbonyl (C=O) groups is 1. The van der Waals surface area contributed by atoms with Gasteiger partial charge < -0.3 is 4.74 Å². The van der Waals surface area contributed by atoms with Gasteiger partial charge in [0.1, 0.15) is 5.78 Å². The van der Waals surface area contributed by atoms with Crippen molar-refractivity contribution in [3.63, 3.8) is 0 Å². The second-order valence-electron chi connectivity index (χ2n) is 6.03. The Bertz CT molecular complexity index is 299. The van der Waals surface area contributed by atoms with Crippen molar-refractivity contribution in [3.05, 3.63) is 0 Å². The van der Waals surface area contributed by atoms with Crippen molar-refractivity contribution in [1.29, 1.82) is 0 Å². The standard InChI is InChI=1S/C14H22O2/c1-8-12-7-10-5-3-4-6-11(10)14(15)13(12)9(2)16-8/h8-13H,3-7H2,1-2H3/t8-,9+,10-,11+,12-,13+/m0/s1. The van der Waals surface area contributed by atoms with Gasteiger partial charge in [-0.25, -0.2) is 0 Å². The van der Waals surface area contributed by atoms with Crippen molar-refractivity contribution >= 4 is 5.78 Å². The van der Waals surface area contributed by atoms with Crippen LogP contribution in [-0.4, -0.2) is 18.0 Å². The summed E-state index contributed by atoms with van der Waals surface area (Å²) in [5.74, 6) is 2.33. The summed E-state index contributed by atoms with van der Waals surface area (Å²) in [7, 11) is 0. The minimum Gasteiger partial charge on any atom is -0.374 e. The van der Waals surface area contributed by atoms with Gasteiger partial charge in [0.05, 0.1) is 12.2 Å². The molecule has 1 heterocycles. The van der Waals surface area contributed by atoms with Crippen LogP contribution in [0.4, 0.5) is 0 Å². The normalized spacial score (nSPS) is 52.2. The number of hydrogen-bond donors (Lipinski definition) is 0. The van der Waals surface area contributed by atoms with Crippen molar-refractivity contribution in [2.45, 2.75) is 58.2 Å². The van der Waals surface area contributed by atoms with Crippen LogP contribution in [0.25, 0.3) is 0 Å². The number of hydrogen-bond acceptors (Lipinski definition) is 2. The molecule has 0 bridgehead atoms. The first-order chi connectivity index (χ1) is 7.68. The molecule has 1 aliphatic heterocycles. The molecular formula is C14H22O2. The Morgan fingerprint density at radius 2 is 1.88 bits per heavy atom. The summed E-state index contributed by atoms with van der Waals surface area (Å²) in [6.45, 7) is 4.24. The van der Waals surface area contributed by atoms with E-state index >= 15 is 0 Å². The lowest BCUT2D eigenvalue weighted by molar-refractivity contribution is -0.135. The molecule has 0 unspecified atom stereocenters. The second-order valence-corrected chi connectivity index (χ2v) is 6.03. The van der Waals surface area contributed by atoms with Crippen LogP contribution < -0.4 is 0 Å². The summed E-state index contributed by atoms with van der Waals surface area (Å²) in [5, 5.41) is 0. The van der Waals surface area contributed by atoms with Crippen LogP contribution >= 0.6 is 0 Å². The highest BCUT2D eigenvalue weighted by Crippen LogP contribution is 2.49. The summed E-state index contributed by atoms with van der Waals surface area (Å²) in [4.78, 5) is 12.5. The topological polar surface area (TPSA) is 26.3 Å². The number of ketones is 1. The third-order valence-corrected chi connectivity index (χ3v) is 5.18. The van der Waals surface area contributed by atoms with Crippen LogP contribution in [0.15, 0.2) is 0 Å². The Kier molecular flexibility index (Phi) is 2.58. The fourth-order valence-electron chi connectivity index (χ4n) is 4.41. The van der Waals surface area contributed by atoms with Gasteiger partial charge in [0.2, 0.25) is 0 Å². The van der Waals surface area contributed by atoms with Crippen molar-refractivity contribution in [3.8, 4) is 0 Å². The lowest BCUT2D eigenvalue weighted by atomic mass is 9.61. The fraction of sp³-hybridized carbons (Fsp3) is 0.929. The van der Waals surface area contributed by atoms with Crippen LogP contribution in [-0.2, 0) is 9.53 Å². The van der Waals surface area contributed by atoms with Gasteiger partial charge in [0.25, 0.3) is 0 Å². The van der Waals surface area contributed by atoms with Crippen molar-refractivity contribution in [2.75, 3.05) is 0 Å². The molecule has 2 saturated carbocycles. The molecule has 0 spiro atoms. The lowest BCUT2D eigenvalue weighted by Crippen LogP contribution is -2.44. The minimum atomic E-state index is 0.162. The Morgan fingerprint density at radius 3 is 2.69 bits per heavy atom. The molecule has 3 rings (SSSR count). The third-order valence-electron chi connectivity index (χ3n) is 5.18. The molecule has 6 atom stereocenters. The van der Waals surface area contributed by atoms with Crippen molar-refractivity contribution in [2.24, 2.45) is 23.7 Å². The zero-order chi connectivity index (χ0) is 11.3. The number of ether oxygens (including phenoxy) is 1. The molecular weight excluding hydrogens is 200 g/mol. The fourth-order valence-corrected chi connectivity index (χ4v) is 4.41. The number of carbonyl (C=O) groups excluding carboxylic acids is 1. The van der Waals surface area contributed by atoms with Gasteiger partial charge >= 0.3 is 0 Å².